The van der Waals surface area contributed by atoms with E-state index in [2.05, 4.69) is 30.2 Å². The number of hydrogen-bond acceptors (Lipinski definition) is 4. The largest absolute Gasteiger partial charge is 0.468 e. The minimum atomic E-state index is -4.38. The van der Waals surface area contributed by atoms with Gasteiger partial charge in [-0.05, 0) is 37.6 Å². The predicted octanol–water partition coefficient (Wildman–Crippen LogP) is 2.79. The predicted molar refractivity (Wildman–Crippen MR) is 110 cm³/mol. The average Bonchev–Trinajstić information content (AvgIpc) is 2.63. The summed E-state index contributed by atoms with van der Waals surface area (Å²) in [4.78, 5) is 10.4. The zero-order valence-electron chi connectivity index (χ0n) is 15.4. The van der Waals surface area contributed by atoms with Crippen molar-refractivity contribution >= 4 is 29.9 Å². The summed E-state index contributed by atoms with van der Waals surface area (Å²) in [6.07, 6.45) is 0.876. The molecule has 10 heteroatoms. The highest BCUT2D eigenvalue weighted by Crippen LogP contribution is 2.17. The molecular formula is C17H27F3IN5O. The summed E-state index contributed by atoms with van der Waals surface area (Å²) in [6.45, 7) is 3.10. The monoisotopic (exact) mass is 501 g/mol. The van der Waals surface area contributed by atoms with Crippen molar-refractivity contribution < 1.29 is 17.9 Å². The molecule has 0 spiro atoms. The summed E-state index contributed by atoms with van der Waals surface area (Å²) >= 11 is 0. The Morgan fingerprint density at radius 3 is 2.67 bits per heavy atom. The number of halogens is 4. The minimum Gasteiger partial charge on any atom is -0.468 e. The maximum absolute atomic E-state index is 12.2. The number of ether oxygens (including phenoxy) is 1. The van der Waals surface area contributed by atoms with Gasteiger partial charge in [0.05, 0.1) is 0 Å². The van der Waals surface area contributed by atoms with Gasteiger partial charge < -0.3 is 20.3 Å². The van der Waals surface area contributed by atoms with Crippen LogP contribution in [0.25, 0.3) is 0 Å². The zero-order chi connectivity index (χ0) is 18.8. The van der Waals surface area contributed by atoms with E-state index in [1.165, 1.54) is 31.5 Å². The van der Waals surface area contributed by atoms with Crippen molar-refractivity contribution in [1.29, 1.82) is 0 Å². The highest BCUT2D eigenvalue weighted by atomic mass is 127. The van der Waals surface area contributed by atoms with Crippen molar-refractivity contribution in [3.63, 3.8) is 0 Å². The molecule has 0 aromatic carbocycles. The lowest BCUT2D eigenvalue weighted by Gasteiger charge is -2.26. The quantitative estimate of drug-likeness (QED) is 0.342. The highest BCUT2D eigenvalue weighted by Gasteiger charge is 2.28. The fourth-order valence-electron chi connectivity index (χ4n) is 2.72. The van der Waals surface area contributed by atoms with Crippen LogP contribution in [0.5, 0.6) is 5.88 Å². The number of piperidine rings is 1. The Morgan fingerprint density at radius 2 is 2.00 bits per heavy atom. The van der Waals surface area contributed by atoms with Crippen LogP contribution in [0.4, 0.5) is 13.2 Å². The van der Waals surface area contributed by atoms with Crippen LogP contribution in [-0.4, -0.2) is 61.9 Å². The molecule has 27 heavy (non-hydrogen) atoms. The van der Waals surface area contributed by atoms with Crippen molar-refractivity contribution in [2.24, 2.45) is 4.99 Å². The standard InChI is InChI=1S/C17H26F3N5O.HI/c1-21-16(23-7-10-25-8-3-2-4-9-25)24-12-14-5-6-22-15(11-14)26-13-17(18,19)20;/h5-6,11H,2-4,7-10,12-13H2,1H3,(H2,21,23,24);1H. The Labute approximate surface area is 175 Å². The molecule has 0 saturated carbocycles. The molecule has 0 unspecified atom stereocenters. The van der Waals surface area contributed by atoms with Crippen LogP contribution >= 0.6 is 24.0 Å². The number of nitrogens with zero attached hydrogens (tertiary/aromatic N) is 3. The number of alkyl halides is 3. The molecule has 2 N–H and O–H groups in total. The first-order valence-electron chi connectivity index (χ1n) is 8.77. The van der Waals surface area contributed by atoms with Crippen LogP contribution in [0, 0.1) is 0 Å². The maximum Gasteiger partial charge on any atom is 0.422 e. The zero-order valence-corrected chi connectivity index (χ0v) is 17.7. The van der Waals surface area contributed by atoms with Gasteiger partial charge in [0, 0.05) is 38.9 Å². The van der Waals surface area contributed by atoms with Crippen LogP contribution in [0.3, 0.4) is 0 Å². The first-order chi connectivity index (χ1) is 12.5. The second-order valence-electron chi connectivity index (χ2n) is 6.16. The first-order valence-corrected chi connectivity index (χ1v) is 8.77. The van der Waals surface area contributed by atoms with E-state index in [-0.39, 0.29) is 29.9 Å². The summed E-state index contributed by atoms with van der Waals surface area (Å²) < 4.78 is 41.3. The van der Waals surface area contributed by atoms with E-state index in [0.29, 0.717) is 12.5 Å². The molecule has 0 atom stereocenters. The number of nitrogens with one attached hydrogen (secondary N) is 2. The molecule has 154 valence electrons. The molecule has 0 amide bonds. The Bertz CT molecular complexity index is 580. The Hall–Kier alpha value is -1.30. The first kappa shape index (κ1) is 23.7. The number of pyridine rings is 1. The second kappa shape index (κ2) is 12.2. The molecule has 1 aromatic rings. The molecule has 1 aromatic heterocycles. The third-order valence-corrected chi connectivity index (χ3v) is 4.04. The van der Waals surface area contributed by atoms with Gasteiger partial charge in [-0.1, -0.05) is 6.42 Å². The normalized spacial score (nSPS) is 15.8. The molecule has 2 heterocycles. The van der Waals surface area contributed by atoms with Gasteiger partial charge in [-0.15, -0.1) is 24.0 Å². The SMILES string of the molecule is CN=C(NCCN1CCCCC1)NCc1ccnc(OCC(F)(F)F)c1.I. The third-order valence-electron chi connectivity index (χ3n) is 4.04. The molecule has 6 nitrogen and oxygen atoms in total. The van der Waals surface area contributed by atoms with Crippen LogP contribution in [0.1, 0.15) is 24.8 Å². The van der Waals surface area contributed by atoms with Crippen molar-refractivity contribution in [1.82, 2.24) is 20.5 Å². The smallest absolute Gasteiger partial charge is 0.422 e. The van der Waals surface area contributed by atoms with Crippen molar-refractivity contribution in [2.45, 2.75) is 32.0 Å². The van der Waals surface area contributed by atoms with Gasteiger partial charge in [0.15, 0.2) is 12.6 Å². The lowest BCUT2D eigenvalue weighted by Crippen LogP contribution is -2.42. The van der Waals surface area contributed by atoms with Crippen LogP contribution < -0.4 is 15.4 Å². The lowest BCUT2D eigenvalue weighted by molar-refractivity contribution is -0.154. The van der Waals surface area contributed by atoms with E-state index in [4.69, 9.17) is 0 Å². The third kappa shape index (κ3) is 9.99. The van der Waals surface area contributed by atoms with E-state index in [9.17, 15) is 13.2 Å². The molecule has 1 fully saturated rings. The summed E-state index contributed by atoms with van der Waals surface area (Å²) in [5.74, 6) is 0.603. The molecule has 1 saturated heterocycles. The Morgan fingerprint density at radius 1 is 1.26 bits per heavy atom. The van der Waals surface area contributed by atoms with Gasteiger partial charge in [-0.2, -0.15) is 13.2 Å². The highest BCUT2D eigenvalue weighted by molar-refractivity contribution is 14.0. The topological polar surface area (TPSA) is 61.8 Å². The summed E-state index contributed by atoms with van der Waals surface area (Å²) in [7, 11) is 1.68. The van der Waals surface area contributed by atoms with Crippen LogP contribution in [-0.2, 0) is 6.54 Å². The molecule has 0 bridgehead atoms. The van der Waals surface area contributed by atoms with Gasteiger partial charge in [-0.25, -0.2) is 4.98 Å². The average molecular weight is 501 g/mol. The molecule has 0 radical (unpaired) electrons. The molecule has 2 rings (SSSR count). The Kier molecular flexibility index (Phi) is 10.7. The lowest BCUT2D eigenvalue weighted by atomic mass is 10.1. The van der Waals surface area contributed by atoms with Gasteiger partial charge in [-0.3, -0.25) is 4.99 Å². The number of aromatic nitrogens is 1. The van der Waals surface area contributed by atoms with Crippen molar-refractivity contribution in [2.75, 3.05) is 39.8 Å². The molecule has 1 aliphatic heterocycles. The second-order valence-corrected chi connectivity index (χ2v) is 6.16. The number of hydrogen-bond donors (Lipinski definition) is 2. The number of likely N-dealkylation sites (tertiary alicyclic amines) is 1. The van der Waals surface area contributed by atoms with E-state index in [1.807, 2.05) is 0 Å². The van der Waals surface area contributed by atoms with E-state index in [1.54, 1.807) is 13.1 Å². The van der Waals surface area contributed by atoms with Crippen molar-refractivity contribution in [3.8, 4) is 5.88 Å². The number of aliphatic imine (C=N–C) groups is 1. The van der Waals surface area contributed by atoms with E-state index in [0.717, 1.165) is 31.7 Å². The fraction of sp³-hybridized carbons (Fsp3) is 0.647. The number of rotatable bonds is 7. The van der Waals surface area contributed by atoms with Gasteiger partial charge in [0.25, 0.3) is 0 Å². The van der Waals surface area contributed by atoms with Gasteiger partial charge >= 0.3 is 6.18 Å². The van der Waals surface area contributed by atoms with Crippen molar-refractivity contribution in [3.05, 3.63) is 23.9 Å². The van der Waals surface area contributed by atoms with Gasteiger partial charge in [0.1, 0.15) is 0 Å². The Balaban J connectivity index is 0.00000364. The summed E-state index contributed by atoms with van der Waals surface area (Å²) in [6, 6.07) is 3.20. The number of guanidine groups is 1. The van der Waals surface area contributed by atoms with Gasteiger partial charge in [0.2, 0.25) is 5.88 Å². The molecule has 1 aliphatic rings. The fourth-order valence-corrected chi connectivity index (χ4v) is 2.72. The summed E-state index contributed by atoms with van der Waals surface area (Å²) in [5.41, 5.74) is 0.760. The maximum atomic E-state index is 12.2. The van der Waals surface area contributed by atoms with Crippen LogP contribution in [0.2, 0.25) is 0 Å². The van der Waals surface area contributed by atoms with E-state index >= 15 is 0 Å². The van der Waals surface area contributed by atoms with Crippen LogP contribution in [0.15, 0.2) is 23.3 Å². The molecular weight excluding hydrogens is 474 g/mol. The van der Waals surface area contributed by atoms with E-state index < -0.39 is 12.8 Å². The summed E-state index contributed by atoms with van der Waals surface area (Å²) in [5, 5.41) is 6.39. The molecule has 0 aliphatic carbocycles. The minimum absolute atomic E-state index is 0.